The maximum absolute atomic E-state index is 3.65. The molecular formula is C17H29NS. The van der Waals surface area contributed by atoms with Gasteiger partial charge in [0.05, 0.1) is 0 Å². The van der Waals surface area contributed by atoms with Crippen molar-refractivity contribution >= 4 is 11.3 Å². The summed E-state index contributed by atoms with van der Waals surface area (Å²) in [4.78, 5) is 1.47. The maximum Gasteiger partial charge on any atom is 0.00171 e. The highest BCUT2D eigenvalue weighted by Gasteiger charge is 2.30. The van der Waals surface area contributed by atoms with Crippen LogP contribution in [0.15, 0.2) is 11.4 Å². The first-order valence-electron chi connectivity index (χ1n) is 8.00. The molecule has 0 spiro atoms. The molecule has 0 aliphatic heterocycles. The summed E-state index contributed by atoms with van der Waals surface area (Å²) in [6.07, 6.45) is 6.86. The van der Waals surface area contributed by atoms with Crippen molar-refractivity contribution in [3.63, 3.8) is 0 Å². The Hall–Kier alpha value is -0.340. The predicted molar refractivity (Wildman–Crippen MR) is 86.1 cm³/mol. The lowest BCUT2D eigenvalue weighted by molar-refractivity contribution is 0.226. The molecule has 108 valence electrons. The summed E-state index contributed by atoms with van der Waals surface area (Å²) >= 11 is 1.92. The quantitative estimate of drug-likeness (QED) is 0.725. The second-order valence-corrected chi connectivity index (χ2v) is 7.26. The van der Waals surface area contributed by atoms with E-state index in [4.69, 9.17) is 0 Å². The van der Waals surface area contributed by atoms with E-state index in [1.54, 1.807) is 5.56 Å². The van der Waals surface area contributed by atoms with Crippen LogP contribution in [0.1, 0.15) is 62.3 Å². The first-order chi connectivity index (χ1) is 9.24. The van der Waals surface area contributed by atoms with Crippen molar-refractivity contribution in [2.45, 2.75) is 58.8 Å². The largest absolute Gasteiger partial charge is 0.316 e. The van der Waals surface area contributed by atoms with E-state index in [-0.39, 0.29) is 0 Å². The molecule has 1 N–H and O–H groups in total. The van der Waals surface area contributed by atoms with Gasteiger partial charge in [0.1, 0.15) is 0 Å². The van der Waals surface area contributed by atoms with Gasteiger partial charge in [-0.3, -0.25) is 0 Å². The van der Waals surface area contributed by atoms with Crippen molar-refractivity contribution in [2.75, 3.05) is 13.1 Å². The highest BCUT2D eigenvalue weighted by Crippen LogP contribution is 2.42. The first kappa shape index (κ1) is 15.1. The van der Waals surface area contributed by atoms with Crippen molar-refractivity contribution in [3.8, 4) is 0 Å². The van der Waals surface area contributed by atoms with Crippen LogP contribution in [0.3, 0.4) is 0 Å². The third kappa shape index (κ3) is 4.06. The van der Waals surface area contributed by atoms with Crippen LogP contribution in [0.4, 0.5) is 0 Å². The summed E-state index contributed by atoms with van der Waals surface area (Å²) in [5, 5.41) is 6.06. The van der Waals surface area contributed by atoms with Gasteiger partial charge < -0.3 is 5.32 Å². The molecule has 1 aromatic heterocycles. The zero-order valence-electron chi connectivity index (χ0n) is 12.7. The minimum atomic E-state index is 0.799. The molecule has 3 unspecified atom stereocenters. The highest BCUT2D eigenvalue weighted by atomic mass is 32.1. The molecule has 3 atom stereocenters. The van der Waals surface area contributed by atoms with Crippen LogP contribution in [0, 0.1) is 18.8 Å². The number of nitrogens with one attached hydrogen (secondary N) is 1. The van der Waals surface area contributed by atoms with Crippen molar-refractivity contribution in [1.29, 1.82) is 0 Å². The fourth-order valence-electron chi connectivity index (χ4n) is 3.47. The van der Waals surface area contributed by atoms with Gasteiger partial charge >= 0.3 is 0 Å². The number of hydrogen-bond donors (Lipinski definition) is 1. The smallest absolute Gasteiger partial charge is 0.00171 e. The van der Waals surface area contributed by atoms with Crippen LogP contribution in [0.25, 0.3) is 0 Å². The molecule has 0 radical (unpaired) electrons. The molecule has 19 heavy (non-hydrogen) atoms. The predicted octanol–water partition coefficient (Wildman–Crippen LogP) is 4.97. The van der Waals surface area contributed by atoms with Crippen LogP contribution in [0.2, 0.25) is 0 Å². The molecule has 0 amide bonds. The normalized spacial score (nSPS) is 27.6. The van der Waals surface area contributed by atoms with Crippen molar-refractivity contribution in [1.82, 2.24) is 5.32 Å². The summed E-state index contributed by atoms with van der Waals surface area (Å²) in [6.45, 7) is 9.22. The van der Waals surface area contributed by atoms with E-state index >= 15 is 0 Å². The van der Waals surface area contributed by atoms with Crippen molar-refractivity contribution < 1.29 is 0 Å². The van der Waals surface area contributed by atoms with Gasteiger partial charge in [-0.1, -0.05) is 26.7 Å². The molecule has 1 nitrogen and oxygen atoms in total. The van der Waals surface area contributed by atoms with E-state index in [0.29, 0.717) is 0 Å². The minimum absolute atomic E-state index is 0.799. The second-order valence-electron chi connectivity index (χ2n) is 6.15. The van der Waals surface area contributed by atoms with Gasteiger partial charge in [0.25, 0.3) is 0 Å². The minimum Gasteiger partial charge on any atom is -0.316 e. The Morgan fingerprint density at radius 3 is 2.79 bits per heavy atom. The molecule has 1 aliphatic rings. The molecule has 2 rings (SSSR count). The zero-order chi connectivity index (χ0) is 13.7. The van der Waals surface area contributed by atoms with Crippen LogP contribution in [-0.2, 0) is 0 Å². The molecule has 0 saturated heterocycles. The number of thiophene rings is 1. The van der Waals surface area contributed by atoms with Gasteiger partial charge in [0.2, 0.25) is 0 Å². The second kappa shape index (κ2) is 7.44. The van der Waals surface area contributed by atoms with Crippen LogP contribution < -0.4 is 5.32 Å². The molecular weight excluding hydrogens is 250 g/mol. The summed E-state index contributed by atoms with van der Waals surface area (Å²) in [5.74, 6) is 2.60. The summed E-state index contributed by atoms with van der Waals surface area (Å²) in [6, 6.07) is 2.43. The molecule has 1 saturated carbocycles. The standard InChI is InChI=1S/C17H29NS/c1-4-8-18-11-15-7-6-14(5-2)10-17(15)16-9-13(3)19-12-16/h9,12,14-15,17-18H,4-8,10-11H2,1-3H3. The Bertz CT molecular complexity index is 369. The Balaban J connectivity index is 2.03. The Morgan fingerprint density at radius 2 is 2.16 bits per heavy atom. The summed E-state index contributed by atoms with van der Waals surface area (Å²) < 4.78 is 0. The third-order valence-electron chi connectivity index (χ3n) is 4.69. The topological polar surface area (TPSA) is 12.0 Å². The van der Waals surface area contributed by atoms with E-state index in [9.17, 15) is 0 Å². The van der Waals surface area contributed by atoms with Gasteiger partial charge in [0, 0.05) is 4.88 Å². The average Bonchev–Trinajstić information content (AvgIpc) is 2.86. The molecule has 1 fully saturated rings. The zero-order valence-corrected chi connectivity index (χ0v) is 13.6. The van der Waals surface area contributed by atoms with Crippen LogP contribution in [-0.4, -0.2) is 13.1 Å². The molecule has 0 bridgehead atoms. The molecule has 1 heterocycles. The SMILES string of the molecule is CCCNCC1CCC(CC)CC1c1csc(C)c1. The highest BCUT2D eigenvalue weighted by molar-refractivity contribution is 7.10. The third-order valence-corrected chi connectivity index (χ3v) is 5.57. The lowest BCUT2D eigenvalue weighted by atomic mass is 9.71. The summed E-state index contributed by atoms with van der Waals surface area (Å²) in [5.41, 5.74) is 1.61. The van der Waals surface area contributed by atoms with Gasteiger partial charge in [-0.2, -0.15) is 0 Å². The van der Waals surface area contributed by atoms with Gasteiger partial charge in [0.15, 0.2) is 0 Å². The van der Waals surface area contributed by atoms with Crippen LogP contribution in [0.5, 0.6) is 0 Å². The summed E-state index contributed by atoms with van der Waals surface area (Å²) in [7, 11) is 0. The molecule has 2 heteroatoms. The van der Waals surface area contributed by atoms with Crippen LogP contribution >= 0.6 is 11.3 Å². The molecule has 1 aliphatic carbocycles. The Kier molecular flexibility index (Phi) is 5.90. The number of rotatable bonds is 6. The molecule has 0 aromatic carbocycles. The van der Waals surface area contributed by atoms with Crippen molar-refractivity contribution in [2.24, 2.45) is 11.8 Å². The number of hydrogen-bond acceptors (Lipinski definition) is 2. The fraction of sp³-hybridized carbons (Fsp3) is 0.765. The van der Waals surface area contributed by atoms with Gasteiger partial charge in [-0.25, -0.2) is 0 Å². The lowest BCUT2D eigenvalue weighted by Crippen LogP contribution is -2.32. The van der Waals surface area contributed by atoms with E-state index in [1.807, 2.05) is 11.3 Å². The monoisotopic (exact) mass is 279 g/mol. The van der Waals surface area contributed by atoms with E-state index in [2.05, 4.69) is 37.5 Å². The average molecular weight is 279 g/mol. The van der Waals surface area contributed by atoms with E-state index < -0.39 is 0 Å². The molecule has 1 aromatic rings. The first-order valence-corrected chi connectivity index (χ1v) is 8.88. The van der Waals surface area contributed by atoms with E-state index in [1.165, 1.54) is 50.1 Å². The van der Waals surface area contributed by atoms with Crippen molar-refractivity contribution in [3.05, 3.63) is 21.9 Å². The van der Waals surface area contributed by atoms with Gasteiger partial charge in [-0.15, -0.1) is 11.3 Å². The maximum atomic E-state index is 3.65. The van der Waals surface area contributed by atoms with E-state index in [0.717, 1.165) is 17.8 Å². The van der Waals surface area contributed by atoms with Gasteiger partial charge in [-0.05, 0) is 74.0 Å². The number of aryl methyl sites for hydroxylation is 1. The Labute approximate surface area is 122 Å². The fourth-order valence-corrected chi connectivity index (χ4v) is 4.24. The lowest BCUT2D eigenvalue weighted by Gasteiger charge is -2.36. The Morgan fingerprint density at radius 1 is 1.32 bits per heavy atom.